The first-order valence-corrected chi connectivity index (χ1v) is 39.1. The summed E-state index contributed by atoms with van der Waals surface area (Å²) in [4.78, 5) is 24.7. The van der Waals surface area contributed by atoms with Crippen LogP contribution in [0.1, 0.15) is 470 Å². The Morgan fingerprint density at radius 2 is 0.373 bits per heavy atom. The van der Waals surface area contributed by atoms with Gasteiger partial charge in [0.05, 0.1) is 6.61 Å². The molecule has 0 rings (SSSR count). The molecule has 0 aliphatic carbocycles. The molecule has 5 nitrogen and oxygen atoms in total. The lowest BCUT2D eigenvalue weighted by atomic mass is 10.0. The normalized spacial score (nSPS) is 12.0. The van der Waals surface area contributed by atoms with Gasteiger partial charge < -0.3 is 14.6 Å². The third-order valence-electron chi connectivity index (χ3n) is 18.7. The standard InChI is InChI=1S/C78H154O5/c1-3-5-7-9-11-13-15-17-19-21-23-25-27-29-31-33-35-36-37-38-39-40-41-43-45-47-49-51-53-55-57-59-61-63-65-67-69-71-73-78(81)83-76(74-79)75-82-77(80)72-70-68-66-64-62-60-58-56-54-52-50-48-46-44-42-34-32-30-28-26-24-22-20-18-16-14-12-10-8-6-4-2/h76,79H,3-75H2,1-2H3. The van der Waals surface area contributed by atoms with Crippen LogP contribution in [0.25, 0.3) is 0 Å². The Morgan fingerprint density at radius 1 is 0.229 bits per heavy atom. The zero-order valence-corrected chi connectivity index (χ0v) is 57.3. The highest BCUT2D eigenvalue weighted by Gasteiger charge is 2.16. The zero-order chi connectivity index (χ0) is 59.8. The molecule has 0 amide bonds. The summed E-state index contributed by atoms with van der Waals surface area (Å²) in [5.41, 5.74) is 0. The van der Waals surface area contributed by atoms with E-state index in [4.69, 9.17) is 9.47 Å². The van der Waals surface area contributed by atoms with Crippen molar-refractivity contribution in [2.24, 2.45) is 0 Å². The summed E-state index contributed by atoms with van der Waals surface area (Å²) in [5, 5.41) is 9.72. The van der Waals surface area contributed by atoms with Gasteiger partial charge in [0, 0.05) is 12.8 Å². The van der Waals surface area contributed by atoms with Gasteiger partial charge in [-0.15, -0.1) is 0 Å². The second-order valence-corrected chi connectivity index (χ2v) is 27.2. The van der Waals surface area contributed by atoms with E-state index >= 15 is 0 Å². The number of rotatable bonds is 75. The minimum Gasteiger partial charge on any atom is -0.462 e. The number of ether oxygens (including phenoxy) is 2. The number of carbonyl (C=O) groups excluding carboxylic acids is 2. The highest BCUT2D eigenvalue weighted by molar-refractivity contribution is 5.70. The molecule has 0 saturated heterocycles. The van der Waals surface area contributed by atoms with Gasteiger partial charge in [0.15, 0.2) is 6.10 Å². The first kappa shape index (κ1) is 81.9. The van der Waals surface area contributed by atoms with Gasteiger partial charge >= 0.3 is 11.9 Å². The maximum atomic E-state index is 12.4. The Kier molecular flexibility index (Phi) is 74.2. The van der Waals surface area contributed by atoms with Crippen molar-refractivity contribution in [2.75, 3.05) is 13.2 Å². The number of carbonyl (C=O) groups is 2. The van der Waals surface area contributed by atoms with Crippen LogP contribution in [-0.4, -0.2) is 36.4 Å². The third-order valence-corrected chi connectivity index (χ3v) is 18.7. The fraction of sp³-hybridized carbons (Fsp3) is 0.974. The van der Waals surface area contributed by atoms with Crippen molar-refractivity contribution in [2.45, 2.75) is 476 Å². The van der Waals surface area contributed by atoms with E-state index in [2.05, 4.69) is 13.8 Å². The molecular formula is C78H154O5. The van der Waals surface area contributed by atoms with E-state index in [-0.39, 0.29) is 25.2 Å². The van der Waals surface area contributed by atoms with E-state index in [1.165, 1.54) is 411 Å². The van der Waals surface area contributed by atoms with Crippen LogP contribution in [0, 0.1) is 0 Å². The first-order valence-electron chi connectivity index (χ1n) is 39.1. The molecule has 1 N–H and O–H groups in total. The van der Waals surface area contributed by atoms with Crippen molar-refractivity contribution in [3.63, 3.8) is 0 Å². The fourth-order valence-corrected chi connectivity index (χ4v) is 12.8. The monoisotopic (exact) mass is 1170 g/mol. The molecule has 0 aromatic carbocycles. The van der Waals surface area contributed by atoms with Crippen molar-refractivity contribution in [3.8, 4) is 0 Å². The van der Waals surface area contributed by atoms with E-state index in [9.17, 15) is 14.7 Å². The summed E-state index contributed by atoms with van der Waals surface area (Å²) in [6.07, 6.45) is 96.3. The fourth-order valence-electron chi connectivity index (χ4n) is 12.8. The lowest BCUT2D eigenvalue weighted by Crippen LogP contribution is -2.28. The third kappa shape index (κ3) is 73.3. The molecule has 0 radical (unpaired) electrons. The highest BCUT2D eigenvalue weighted by atomic mass is 16.6. The molecule has 496 valence electrons. The minimum absolute atomic E-state index is 0.0551. The molecule has 0 aromatic heterocycles. The summed E-state index contributed by atoms with van der Waals surface area (Å²) >= 11 is 0. The van der Waals surface area contributed by atoms with Gasteiger partial charge in [-0.3, -0.25) is 9.59 Å². The summed E-state index contributed by atoms with van der Waals surface area (Å²) in [7, 11) is 0. The summed E-state index contributed by atoms with van der Waals surface area (Å²) in [6, 6.07) is 0. The predicted octanol–water partition coefficient (Wildman–Crippen LogP) is 27.2. The number of aliphatic hydroxyl groups is 1. The maximum Gasteiger partial charge on any atom is 0.306 e. The van der Waals surface area contributed by atoms with Gasteiger partial charge in [0.25, 0.3) is 0 Å². The zero-order valence-electron chi connectivity index (χ0n) is 57.3. The van der Waals surface area contributed by atoms with Crippen LogP contribution in [0.4, 0.5) is 0 Å². The largest absolute Gasteiger partial charge is 0.462 e. The summed E-state index contributed by atoms with van der Waals surface area (Å²) in [6.45, 7) is 4.23. The molecule has 1 unspecified atom stereocenters. The Balaban J connectivity index is 3.33. The van der Waals surface area contributed by atoms with Crippen LogP contribution in [0.5, 0.6) is 0 Å². The van der Waals surface area contributed by atoms with Crippen molar-refractivity contribution in [3.05, 3.63) is 0 Å². The number of hydrogen-bond acceptors (Lipinski definition) is 5. The molecular weight excluding hydrogens is 1020 g/mol. The van der Waals surface area contributed by atoms with E-state index in [1.54, 1.807) is 0 Å². The number of aliphatic hydroxyl groups excluding tert-OH is 1. The number of esters is 2. The lowest BCUT2D eigenvalue weighted by molar-refractivity contribution is -0.161. The van der Waals surface area contributed by atoms with Crippen LogP contribution < -0.4 is 0 Å². The van der Waals surface area contributed by atoms with E-state index in [1.807, 2.05) is 0 Å². The number of hydrogen-bond donors (Lipinski definition) is 1. The average molecular weight is 1170 g/mol. The van der Waals surface area contributed by atoms with Gasteiger partial charge in [0.1, 0.15) is 6.61 Å². The van der Waals surface area contributed by atoms with Crippen LogP contribution in [-0.2, 0) is 19.1 Å². The molecule has 0 fully saturated rings. The smallest absolute Gasteiger partial charge is 0.306 e. The second kappa shape index (κ2) is 75.2. The Bertz CT molecular complexity index is 1190. The Labute approximate surface area is 522 Å². The molecule has 0 aromatic rings. The number of unbranched alkanes of at least 4 members (excludes halogenated alkanes) is 67. The van der Waals surface area contributed by atoms with Gasteiger partial charge in [-0.2, -0.15) is 0 Å². The van der Waals surface area contributed by atoms with Gasteiger partial charge in [-0.1, -0.05) is 444 Å². The quantitative estimate of drug-likeness (QED) is 0.0485. The summed E-state index contributed by atoms with van der Waals surface area (Å²) < 4.78 is 10.8. The van der Waals surface area contributed by atoms with E-state index in [0.29, 0.717) is 12.8 Å². The van der Waals surface area contributed by atoms with Crippen LogP contribution >= 0.6 is 0 Å². The van der Waals surface area contributed by atoms with Crippen molar-refractivity contribution < 1.29 is 24.2 Å². The Hall–Kier alpha value is -1.10. The molecule has 0 aliphatic heterocycles. The van der Waals surface area contributed by atoms with Crippen molar-refractivity contribution in [1.29, 1.82) is 0 Å². The molecule has 0 spiro atoms. The highest BCUT2D eigenvalue weighted by Crippen LogP contribution is 2.21. The van der Waals surface area contributed by atoms with Crippen molar-refractivity contribution in [1.82, 2.24) is 0 Å². The van der Waals surface area contributed by atoms with Crippen LogP contribution in [0.2, 0.25) is 0 Å². The van der Waals surface area contributed by atoms with Crippen molar-refractivity contribution >= 4 is 11.9 Å². The molecule has 0 heterocycles. The topological polar surface area (TPSA) is 72.8 Å². The SMILES string of the molecule is CCCCCCCCCCCCCCCCCCCCCCCCCCCCCCCCCCCCCCCCC(=O)OC(CO)COC(=O)CCCCCCCCCCCCCCCCCCCCCCCCCCCCCCCCC. The molecule has 5 heteroatoms. The predicted molar refractivity (Wildman–Crippen MR) is 367 cm³/mol. The lowest BCUT2D eigenvalue weighted by Gasteiger charge is -2.15. The van der Waals surface area contributed by atoms with E-state index in [0.717, 1.165) is 32.1 Å². The molecule has 0 aliphatic rings. The van der Waals surface area contributed by atoms with Gasteiger partial charge in [-0.25, -0.2) is 0 Å². The molecule has 0 bridgehead atoms. The first-order chi connectivity index (χ1) is 41.1. The van der Waals surface area contributed by atoms with E-state index < -0.39 is 6.10 Å². The Morgan fingerprint density at radius 3 is 0.530 bits per heavy atom. The van der Waals surface area contributed by atoms with Crippen LogP contribution in [0.3, 0.4) is 0 Å². The van der Waals surface area contributed by atoms with Gasteiger partial charge in [0.2, 0.25) is 0 Å². The van der Waals surface area contributed by atoms with Gasteiger partial charge in [-0.05, 0) is 12.8 Å². The average Bonchev–Trinajstić information content (AvgIpc) is 3.49. The minimum atomic E-state index is -0.766. The molecule has 0 saturated carbocycles. The molecule has 1 atom stereocenters. The maximum absolute atomic E-state index is 12.4. The van der Waals surface area contributed by atoms with Crippen LogP contribution in [0.15, 0.2) is 0 Å². The molecule has 83 heavy (non-hydrogen) atoms. The summed E-state index contributed by atoms with van der Waals surface area (Å²) in [5.74, 6) is -0.556. The second-order valence-electron chi connectivity index (χ2n) is 27.2.